The van der Waals surface area contributed by atoms with Crippen LogP contribution in [0.3, 0.4) is 0 Å². The molecule has 3 rings (SSSR count). The summed E-state index contributed by atoms with van der Waals surface area (Å²) in [7, 11) is -3.27. The molecule has 2 heterocycles. The molecule has 0 amide bonds. The molecule has 2 aliphatic heterocycles. The first-order chi connectivity index (χ1) is 9.00. The van der Waals surface area contributed by atoms with E-state index in [-0.39, 0.29) is 12.1 Å². The molecular formula is C13H25N3O2S. The van der Waals surface area contributed by atoms with Gasteiger partial charge >= 0.3 is 0 Å². The molecule has 0 spiro atoms. The number of rotatable bonds is 2. The maximum atomic E-state index is 12.7. The third-order valence-electron chi connectivity index (χ3n) is 5.24. The molecule has 0 aromatic carbocycles. The average Bonchev–Trinajstić information content (AvgIpc) is 2.93. The lowest BCUT2D eigenvalue weighted by Gasteiger charge is -2.35. The van der Waals surface area contributed by atoms with Crippen molar-refractivity contribution in [3.63, 3.8) is 0 Å². The zero-order valence-electron chi connectivity index (χ0n) is 11.7. The molecule has 110 valence electrons. The topological polar surface area (TPSA) is 66.6 Å². The van der Waals surface area contributed by atoms with Gasteiger partial charge < -0.3 is 5.73 Å². The monoisotopic (exact) mass is 287 g/mol. The van der Waals surface area contributed by atoms with E-state index in [0.29, 0.717) is 31.5 Å². The quantitative estimate of drug-likeness (QED) is 0.816. The number of hydrogen-bond acceptors (Lipinski definition) is 3. The Hall–Kier alpha value is -0.170. The van der Waals surface area contributed by atoms with Crippen molar-refractivity contribution in [2.45, 2.75) is 51.1 Å². The number of piperidine rings is 1. The largest absolute Gasteiger partial charge is 0.327 e. The van der Waals surface area contributed by atoms with E-state index in [0.717, 1.165) is 32.1 Å². The Morgan fingerprint density at radius 3 is 2.58 bits per heavy atom. The summed E-state index contributed by atoms with van der Waals surface area (Å²) in [6, 6.07) is 0.344. The molecule has 0 aromatic heterocycles. The molecule has 1 saturated carbocycles. The van der Waals surface area contributed by atoms with Gasteiger partial charge in [0.1, 0.15) is 0 Å². The maximum Gasteiger partial charge on any atom is 0.282 e. The van der Waals surface area contributed by atoms with E-state index in [1.165, 1.54) is 0 Å². The van der Waals surface area contributed by atoms with Gasteiger partial charge in [-0.15, -0.1) is 0 Å². The zero-order chi connectivity index (χ0) is 13.6. The molecule has 1 aliphatic carbocycles. The van der Waals surface area contributed by atoms with Gasteiger partial charge in [-0.3, -0.25) is 0 Å². The van der Waals surface area contributed by atoms with Crippen molar-refractivity contribution in [1.82, 2.24) is 8.61 Å². The van der Waals surface area contributed by atoms with Crippen LogP contribution in [0, 0.1) is 11.8 Å². The van der Waals surface area contributed by atoms with Gasteiger partial charge in [0.2, 0.25) is 0 Å². The fraction of sp³-hybridized carbons (Fsp3) is 1.00. The van der Waals surface area contributed by atoms with Crippen molar-refractivity contribution in [2.75, 3.05) is 19.6 Å². The Labute approximate surface area is 116 Å². The van der Waals surface area contributed by atoms with Crippen molar-refractivity contribution in [1.29, 1.82) is 0 Å². The van der Waals surface area contributed by atoms with Gasteiger partial charge in [-0.1, -0.05) is 6.42 Å². The fourth-order valence-electron chi connectivity index (χ4n) is 4.02. The fourth-order valence-corrected chi connectivity index (χ4v) is 5.97. The van der Waals surface area contributed by atoms with Crippen LogP contribution in [0.1, 0.15) is 39.0 Å². The molecule has 3 fully saturated rings. The molecule has 0 bridgehead atoms. The Morgan fingerprint density at radius 1 is 1.11 bits per heavy atom. The Kier molecular flexibility index (Phi) is 3.62. The maximum absolute atomic E-state index is 12.7. The van der Waals surface area contributed by atoms with E-state index < -0.39 is 10.2 Å². The summed E-state index contributed by atoms with van der Waals surface area (Å²) in [6.07, 6.45) is 5.27. The molecule has 6 heteroatoms. The van der Waals surface area contributed by atoms with Gasteiger partial charge in [0.15, 0.2) is 0 Å². The van der Waals surface area contributed by atoms with Crippen molar-refractivity contribution >= 4 is 10.2 Å². The summed E-state index contributed by atoms with van der Waals surface area (Å²) in [6.45, 7) is 4.03. The van der Waals surface area contributed by atoms with E-state index in [1.54, 1.807) is 8.61 Å². The van der Waals surface area contributed by atoms with E-state index in [4.69, 9.17) is 5.73 Å². The van der Waals surface area contributed by atoms with Crippen molar-refractivity contribution in [3.8, 4) is 0 Å². The first kappa shape index (κ1) is 13.8. The smallest absolute Gasteiger partial charge is 0.282 e. The van der Waals surface area contributed by atoms with Gasteiger partial charge in [-0.05, 0) is 44.4 Å². The van der Waals surface area contributed by atoms with Gasteiger partial charge in [0.25, 0.3) is 10.2 Å². The number of nitrogens with two attached hydrogens (primary N) is 1. The van der Waals surface area contributed by atoms with Crippen LogP contribution in [-0.2, 0) is 10.2 Å². The van der Waals surface area contributed by atoms with Crippen LogP contribution in [0.15, 0.2) is 0 Å². The normalized spacial score (nSPS) is 41.6. The van der Waals surface area contributed by atoms with E-state index in [1.807, 2.05) is 6.92 Å². The third-order valence-corrected chi connectivity index (χ3v) is 7.33. The van der Waals surface area contributed by atoms with Crippen LogP contribution in [0.25, 0.3) is 0 Å². The molecule has 2 saturated heterocycles. The lowest BCUT2D eigenvalue weighted by Crippen LogP contribution is -2.49. The summed E-state index contributed by atoms with van der Waals surface area (Å²) in [5, 5.41) is 0. The minimum absolute atomic E-state index is 0.146. The number of nitrogens with zero attached hydrogens (tertiary/aromatic N) is 2. The first-order valence-corrected chi connectivity index (χ1v) is 8.92. The van der Waals surface area contributed by atoms with Crippen molar-refractivity contribution in [2.24, 2.45) is 17.6 Å². The predicted molar refractivity (Wildman–Crippen MR) is 74.7 cm³/mol. The summed E-state index contributed by atoms with van der Waals surface area (Å²) in [5.74, 6) is 0.875. The van der Waals surface area contributed by atoms with Gasteiger partial charge in [0, 0.05) is 31.7 Å². The summed E-state index contributed by atoms with van der Waals surface area (Å²) < 4.78 is 28.9. The highest BCUT2D eigenvalue weighted by Gasteiger charge is 2.46. The molecule has 2 N–H and O–H groups in total. The van der Waals surface area contributed by atoms with Crippen LogP contribution in [0.5, 0.6) is 0 Å². The second-order valence-corrected chi connectivity index (χ2v) is 8.33. The molecule has 4 unspecified atom stereocenters. The number of fused-ring (bicyclic) bond motifs is 1. The van der Waals surface area contributed by atoms with Crippen LogP contribution in [-0.4, -0.2) is 48.7 Å². The minimum Gasteiger partial charge on any atom is -0.327 e. The molecule has 5 nitrogen and oxygen atoms in total. The minimum atomic E-state index is -3.27. The number of hydrogen-bond donors (Lipinski definition) is 1. The van der Waals surface area contributed by atoms with E-state index in [2.05, 4.69) is 0 Å². The highest BCUT2D eigenvalue weighted by Crippen LogP contribution is 2.39. The van der Waals surface area contributed by atoms with Gasteiger partial charge in [-0.25, -0.2) is 0 Å². The molecule has 0 radical (unpaired) electrons. The Balaban J connectivity index is 1.75. The molecule has 4 atom stereocenters. The third kappa shape index (κ3) is 2.33. The SMILES string of the molecule is CC1CCCCN1S(=O)(=O)N1CC2CCC(N)C2C1. The second-order valence-electron chi connectivity index (χ2n) is 6.45. The molecule has 0 aromatic rings. The molecule has 19 heavy (non-hydrogen) atoms. The standard InChI is InChI=1S/C13H25N3O2S/c1-10-4-2-3-7-16(10)19(17,18)15-8-11-5-6-13(14)12(11)9-15/h10-13H,2-9,14H2,1H3. The Bertz CT molecular complexity index is 439. The summed E-state index contributed by atoms with van der Waals surface area (Å²) >= 11 is 0. The first-order valence-electron chi connectivity index (χ1n) is 7.52. The molecule has 3 aliphatic rings. The highest BCUT2D eigenvalue weighted by molar-refractivity contribution is 7.86. The summed E-state index contributed by atoms with van der Waals surface area (Å²) in [4.78, 5) is 0. The summed E-state index contributed by atoms with van der Waals surface area (Å²) in [5.41, 5.74) is 6.10. The predicted octanol–water partition coefficient (Wildman–Crippen LogP) is 0.775. The van der Waals surface area contributed by atoms with Crippen LogP contribution in [0.4, 0.5) is 0 Å². The highest BCUT2D eigenvalue weighted by atomic mass is 32.2. The van der Waals surface area contributed by atoms with Gasteiger partial charge in [-0.2, -0.15) is 17.0 Å². The molecular weight excluding hydrogens is 262 g/mol. The van der Waals surface area contributed by atoms with Crippen LogP contribution < -0.4 is 5.73 Å². The van der Waals surface area contributed by atoms with Gasteiger partial charge in [0.05, 0.1) is 0 Å². The van der Waals surface area contributed by atoms with Crippen LogP contribution in [0.2, 0.25) is 0 Å². The lowest BCUT2D eigenvalue weighted by molar-refractivity contribution is 0.247. The second kappa shape index (κ2) is 4.98. The van der Waals surface area contributed by atoms with Crippen LogP contribution >= 0.6 is 0 Å². The van der Waals surface area contributed by atoms with Crippen molar-refractivity contribution < 1.29 is 8.42 Å². The zero-order valence-corrected chi connectivity index (χ0v) is 12.5. The van der Waals surface area contributed by atoms with E-state index in [9.17, 15) is 8.42 Å². The average molecular weight is 287 g/mol. The van der Waals surface area contributed by atoms with Crippen molar-refractivity contribution in [3.05, 3.63) is 0 Å². The van der Waals surface area contributed by atoms with E-state index >= 15 is 0 Å². The Morgan fingerprint density at radius 2 is 1.89 bits per heavy atom. The lowest BCUT2D eigenvalue weighted by atomic mass is 9.98.